The first-order valence-corrected chi connectivity index (χ1v) is 8.87. The fourth-order valence-corrected chi connectivity index (χ4v) is 2.97. The van der Waals surface area contributed by atoms with Crippen LogP contribution < -0.4 is 15.8 Å². The number of nitrogens with one attached hydrogen (secondary N) is 2. The zero-order valence-corrected chi connectivity index (χ0v) is 14.8. The topological polar surface area (TPSA) is 128 Å². The lowest BCUT2D eigenvalue weighted by Gasteiger charge is -2.23. The first-order chi connectivity index (χ1) is 11.1. The molecule has 1 amide bonds. The minimum Gasteiger partial charge on any atom is -0.468 e. The van der Waals surface area contributed by atoms with Crippen LogP contribution in [0.3, 0.4) is 0 Å². The average Bonchev–Trinajstić information content (AvgIpc) is 2.52. The Bertz CT molecular complexity index is 701. The quantitative estimate of drug-likeness (QED) is 0.584. The molecule has 0 saturated carbocycles. The first-order valence-electron chi connectivity index (χ1n) is 7.39. The number of ether oxygens (including phenoxy) is 1. The summed E-state index contributed by atoms with van der Waals surface area (Å²) in [5.74, 6) is -1.11. The van der Waals surface area contributed by atoms with E-state index < -0.39 is 34.0 Å². The third kappa shape index (κ3) is 5.59. The number of amides is 1. The van der Waals surface area contributed by atoms with Crippen molar-refractivity contribution in [1.82, 2.24) is 4.72 Å². The highest BCUT2D eigenvalue weighted by atomic mass is 32.2. The Kier molecular flexibility index (Phi) is 6.88. The lowest BCUT2D eigenvalue weighted by molar-refractivity contribution is -0.139. The second-order valence-corrected chi connectivity index (χ2v) is 7.32. The minimum atomic E-state index is -3.90. The van der Waals surface area contributed by atoms with Crippen LogP contribution in [0.4, 0.5) is 5.69 Å². The summed E-state index contributed by atoms with van der Waals surface area (Å²) in [5, 5.41) is 2.61. The van der Waals surface area contributed by atoms with Crippen molar-refractivity contribution in [1.29, 1.82) is 0 Å². The predicted molar refractivity (Wildman–Crippen MR) is 89.8 cm³/mol. The highest BCUT2D eigenvalue weighted by molar-refractivity contribution is 7.89. The Balaban J connectivity index is 2.90. The van der Waals surface area contributed by atoms with Gasteiger partial charge in [-0.15, -0.1) is 0 Å². The standard InChI is InChI=1S/C15H23N3O5S/c1-4-8-15(2,16)14(20)18-11-6-5-7-12(9-11)24(21,22)17-10-13(19)23-3/h5-7,9,17H,4,8,10,16H2,1-3H3,(H,18,20). The number of carbonyl (C=O) groups is 2. The van der Waals surface area contributed by atoms with Crippen molar-refractivity contribution < 1.29 is 22.7 Å². The van der Waals surface area contributed by atoms with E-state index in [-0.39, 0.29) is 4.90 Å². The van der Waals surface area contributed by atoms with Gasteiger partial charge in [-0.25, -0.2) is 8.42 Å². The third-order valence-corrected chi connectivity index (χ3v) is 4.72. The van der Waals surface area contributed by atoms with E-state index in [0.717, 1.165) is 13.5 Å². The lowest BCUT2D eigenvalue weighted by atomic mass is 9.96. The number of hydrogen-bond donors (Lipinski definition) is 3. The second kappa shape index (κ2) is 8.22. The molecule has 0 heterocycles. The zero-order valence-electron chi connectivity index (χ0n) is 14.0. The maximum Gasteiger partial charge on any atom is 0.320 e. The molecule has 134 valence electrons. The molecule has 24 heavy (non-hydrogen) atoms. The fourth-order valence-electron chi connectivity index (χ4n) is 1.96. The van der Waals surface area contributed by atoms with Gasteiger partial charge < -0.3 is 15.8 Å². The van der Waals surface area contributed by atoms with Crippen LogP contribution in [-0.2, 0) is 24.3 Å². The van der Waals surface area contributed by atoms with Crippen molar-refractivity contribution in [2.45, 2.75) is 37.1 Å². The number of rotatable bonds is 8. The molecule has 0 saturated heterocycles. The summed E-state index contributed by atoms with van der Waals surface area (Å²) in [6.07, 6.45) is 1.24. The molecule has 0 fully saturated rings. The van der Waals surface area contributed by atoms with Crippen molar-refractivity contribution in [3.63, 3.8) is 0 Å². The van der Waals surface area contributed by atoms with E-state index in [9.17, 15) is 18.0 Å². The van der Waals surface area contributed by atoms with Gasteiger partial charge in [-0.1, -0.05) is 19.4 Å². The number of nitrogens with two attached hydrogens (primary N) is 1. The van der Waals surface area contributed by atoms with Crippen LogP contribution in [0.2, 0.25) is 0 Å². The van der Waals surface area contributed by atoms with Crippen molar-refractivity contribution in [2.75, 3.05) is 19.0 Å². The summed E-state index contributed by atoms with van der Waals surface area (Å²) in [5.41, 5.74) is 5.20. The molecule has 1 atom stereocenters. The first kappa shape index (κ1) is 20.1. The number of benzene rings is 1. The second-order valence-electron chi connectivity index (χ2n) is 5.55. The number of anilines is 1. The van der Waals surface area contributed by atoms with Gasteiger partial charge >= 0.3 is 5.97 Å². The van der Waals surface area contributed by atoms with Crippen LogP contribution in [0.15, 0.2) is 29.2 Å². The van der Waals surface area contributed by atoms with Crippen LogP contribution in [0.1, 0.15) is 26.7 Å². The zero-order chi connectivity index (χ0) is 18.4. The van der Waals surface area contributed by atoms with Crippen LogP contribution in [0, 0.1) is 0 Å². The molecule has 0 radical (unpaired) electrons. The van der Waals surface area contributed by atoms with E-state index in [1.54, 1.807) is 13.0 Å². The Labute approximate surface area is 141 Å². The summed E-state index contributed by atoms with van der Waals surface area (Å²) >= 11 is 0. The van der Waals surface area contributed by atoms with E-state index in [1.165, 1.54) is 18.2 Å². The van der Waals surface area contributed by atoms with E-state index in [2.05, 4.69) is 14.8 Å². The largest absolute Gasteiger partial charge is 0.468 e. The molecule has 0 aliphatic rings. The van der Waals surface area contributed by atoms with E-state index in [1.807, 2.05) is 6.92 Å². The molecule has 0 aliphatic heterocycles. The maximum atomic E-state index is 12.2. The van der Waals surface area contributed by atoms with Crippen LogP contribution in [-0.4, -0.2) is 39.5 Å². The molecule has 0 bridgehead atoms. The molecule has 0 aliphatic carbocycles. The summed E-state index contributed by atoms with van der Waals surface area (Å²) in [7, 11) is -2.74. The van der Waals surface area contributed by atoms with Crippen LogP contribution in [0.25, 0.3) is 0 Å². The van der Waals surface area contributed by atoms with Gasteiger partial charge in [0, 0.05) is 5.69 Å². The molecule has 1 rings (SSSR count). The van der Waals surface area contributed by atoms with Crippen molar-refractivity contribution >= 4 is 27.6 Å². The summed E-state index contributed by atoms with van der Waals surface area (Å²) in [4.78, 5) is 23.1. The van der Waals surface area contributed by atoms with Crippen LogP contribution >= 0.6 is 0 Å². The molecule has 0 spiro atoms. The Hall–Kier alpha value is -1.97. The van der Waals surface area contributed by atoms with E-state index in [0.29, 0.717) is 12.1 Å². The Morgan fingerprint density at radius 3 is 2.58 bits per heavy atom. The Morgan fingerprint density at radius 1 is 1.33 bits per heavy atom. The monoisotopic (exact) mass is 357 g/mol. The van der Waals surface area contributed by atoms with Gasteiger partial charge in [-0.3, -0.25) is 9.59 Å². The number of carbonyl (C=O) groups excluding carboxylic acids is 2. The molecule has 4 N–H and O–H groups in total. The highest BCUT2D eigenvalue weighted by Crippen LogP contribution is 2.18. The molecular weight excluding hydrogens is 334 g/mol. The van der Waals surface area contributed by atoms with Crippen molar-refractivity contribution in [3.05, 3.63) is 24.3 Å². The molecule has 1 aromatic carbocycles. The third-order valence-electron chi connectivity index (χ3n) is 3.32. The van der Waals surface area contributed by atoms with Gasteiger partial charge in [0.1, 0.15) is 6.54 Å². The van der Waals surface area contributed by atoms with Gasteiger partial charge in [0.05, 0.1) is 17.5 Å². The molecule has 1 aromatic rings. The summed E-state index contributed by atoms with van der Waals surface area (Å²) in [6, 6.07) is 5.68. The molecule has 9 heteroatoms. The van der Waals surface area contributed by atoms with Gasteiger partial charge in [0.2, 0.25) is 15.9 Å². The molecular formula is C15H23N3O5S. The number of esters is 1. The predicted octanol–water partition coefficient (Wildman–Crippen LogP) is 0.594. The van der Waals surface area contributed by atoms with Gasteiger partial charge in [-0.2, -0.15) is 4.72 Å². The van der Waals surface area contributed by atoms with Gasteiger partial charge in [0.25, 0.3) is 0 Å². The average molecular weight is 357 g/mol. The maximum absolute atomic E-state index is 12.2. The number of methoxy groups -OCH3 is 1. The summed E-state index contributed by atoms with van der Waals surface area (Å²) < 4.78 is 30.8. The minimum absolute atomic E-state index is 0.0848. The normalized spacial score (nSPS) is 13.8. The van der Waals surface area contributed by atoms with Crippen molar-refractivity contribution in [2.24, 2.45) is 5.73 Å². The van der Waals surface area contributed by atoms with E-state index >= 15 is 0 Å². The SMILES string of the molecule is CCCC(C)(N)C(=O)Nc1cccc(S(=O)(=O)NCC(=O)OC)c1. The number of hydrogen-bond acceptors (Lipinski definition) is 6. The summed E-state index contributed by atoms with van der Waals surface area (Å²) in [6.45, 7) is 3.05. The highest BCUT2D eigenvalue weighted by Gasteiger charge is 2.27. The fraction of sp³-hybridized carbons (Fsp3) is 0.467. The molecule has 1 unspecified atom stereocenters. The number of sulfonamides is 1. The van der Waals surface area contributed by atoms with Gasteiger partial charge in [0.15, 0.2) is 0 Å². The van der Waals surface area contributed by atoms with Gasteiger partial charge in [-0.05, 0) is 31.5 Å². The van der Waals surface area contributed by atoms with E-state index in [4.69, 9.17) is 5.73 Å². The van der Waals surface area contributed by atoms with Crippen LogP contribution in [0.5, 0.6) is 0 Å². The molecule has 8 nitrogen and oxygen atoms in total. The Morgan fingerprint density at radius 2 is 2.00 bits per heavy atom. The lowest BCUT2D eigenvalue weighted by Crippen LogP contribution is -2.48. The molecule has 0 aromatic heterocycles. The van der Waals surface area contributed by atoms with Crippen molar-refractivity contribution in [3.8, 4) is 0 Å². The smallest absolute Gasteiger partial charge is 0.320 e.